The lowest BCUT2D eigenvalue weighted by Crippen LogP contribution is -2.21. The highest BCUT2D eigenvalue weighted by Crippen LogP contribution is 2.34. The second-order valence-electron chi connectivity index (χ2n) is 4.80. The van der Waals surface area contributed by atoms with Gasteiger partial charge in [-0.3, -0.25) is 0 Å². The Bertz CT molecular complexity index is 537. The molecule has 0 aliphatic heterocycles. The summed E-state index contributed by atoms with van der Waals surface area (Å²) in [4.78, 5) is 3.52. The van der Waals surface area contributed by atoms with E-state index in [1.165, 1.54) is 4.88 Å². The summed E-state index contributed by atoms with van der Waals surface area (Å²) < 4.78 is 0. The molecule has 0 saturated carbocycles. The van der Waals surface area contributed by atoms with E-state index in [0.29, 0.717) is 6.04 Å². The first kappa shape index (κ1) is 14.4. The van der Waals surface area contributed by atoms with E-state index in [1.54, 1.807) is 11.3 Å². The molecular weight excluding hydrogens is 276 g/mol. The van der Waals surface area contributed by atoms with Crippen LogP contribution in [0.15, 0.2) is 35.7 Å². The Kier molecular flexibility index (Phi) is 4.50. The first-order chi connectivity index (χ1) is 9.00. The fraction of sp³-hybridized carbons (Fsp3) is 0.333. The average Bonchev–Trinajstić information content (AvgIpc) is 2.90. The van der Waals surface area contributed by atoms with Gasteiger partial charge in [0.25, 0.3) is 0 Å². The molecule has 0 aliphatic rings. The van der Waals surface area contributed by atoms with E-state index in [-0.39, 0.29) is 6.04 Å². The third-order valence-electron chi connectivity index (χ3n) is 3.41. The molecule has 2 nitrogen and oxygen atoms in total. The molecule has 0 amide bonds. The molecule has 4 heteroatoms. The average molecular weight is 295 g/mol. The van der Waals surface area contributed by atoms with Crippen molar-refractivity contribution in [2.75, 3.05) is 11.9 Å². The lowest BCUT2D eigenvalue weighted by molar-refractivity contribution is 0.752. The van der Waals surface area contributed by atoms with Crippen molar-refractivity contribution in [2.24, 2.45) is 5.73 Å². The van der Waals surface area contributed by atoms with Gasteiger partial charge in [0.2, 0.25) is 0 Å². The minimum absolute atomic E-state index is 0.00609. The number of hydrogen-bond donors (Lipinski definition) is 1. The van der Waals surface area contributed by atoms with Crippen molar-refractivity contribution in [1.29, 1.82) is 0 Å². The van der Waals surface area contributed by atoms with Crippen molar-refractivity contribution >= 4 is 28.6 Å². The summed E-state index contributed by atoms with van der Waals surface area (Å²) in [5, 5.41) is 2.85. The Morgan fingerprint density at radius 2 is 2.00 bits per heavy atom. The van der Waals surface area contributed by atoms with Gasteiger partial charge in [0.1, 0.15) is 0 Å². The van der Waals surface area contributed by atoms with Crippen LogP contribution in [0.1, 0.15) is 36.4 Å². The summed E-state index contributed by atoms with van der Waals surface area (Å²) >= 11 is 8.14. The molecule has 102 valence electrons. The Hall–Kier alpha value is -1.03. The summed E-state index contributed by atoms with van der Waals surface area (Å²) in [6.07, 6.45) is 0. The summed E-state index contributed by atoms with van der Waals surface area (Å²) in [5.41, 5.74) is 7.97. The van der Waals surface area contributed by atoms with Crippen LogP contribution in [-0.2, 0) is 0 Å². The lowest BCUT2D eigenvalue weighted by Gasteiger charge is -2.27. The van der Waals surface area contributed by atoms with Crippen LogP contribution in [0.25, 0.3) is 0 Å². The number of benzene rings is 1. The largest absolute Gasteiger partial charge is 0.366 e. The molecule has 1 unspecified atom stereocenters. The number of nitrogens with zero attached hydrogens (tertiary/aromatic N) is 1. The van der Waals surface area contributed by atoms with Gasteiger partial charge in [-0.15, -0.1) is 11.3 Å². The molecule has 0 bridgehead atoms. The molecule has 0 saturated heterocycles. The van der Waals surface area contributed by atoms with Gasteiger partial charge in [0, 0.05) is 18.0 Å². The van der Waals surface area contributed by atoms with Crippen LogP contribution in [-0.4, -0.2) is 7.05 Å². The molecule has 1 heterocycles. The molecule has 2 N–H and O–H groups in total. The molecule has 0 fully saturated rings. The number of thiophene rings is 1. The zero-order valence-corrected chi connectivity index (χ0v) is 13.0. The van der Waals surface area contributed by atoms with Crippen molar-refractivity contribution < 1.29 is 0 Å². The van der Waals surface area contributed by atoms with Gasteiger partial charge in [0.05, 0.1) is 16.8 Å². The second-order valence-corrected chi connectivity index (χ2v) is 6.19. The molecule has 0 spiro atoms. The first-order valence-electron chi connectivity index (χ1n) is 6.32. The second kappa shape index (κ2) is 5.95. The summed E-state index contributed by atoms with van der Waals surface area (Å²) in [7, 11) is 2.07. The highest BCUT2D eigenvalue weighted by Gasteiger charge is 2.16. The summed E-state index contributed by atoms with van der Waals surface area (Å²) in [6, 6.07) is 10.6. The van der Waals surface area contributed by atoms with Gasteiger partial charge >= 0.3 is 0 Å². The predicted octanol–water partition coefficient (Wildman–Crippen LogP) is 4.62. The third kappa shape index (κ3) is 3.11. The fourth-order valence-corrected chi connectivity index (χ4v) is 3.17. The lowest BCUT2D eigenvalue weighted by atomic mass is 10.1. The Morgan fingerprint density at radius 3 is 2.53 bits per heavy atom. The highest BCUT2D eigenvalue weighted by atomic mass is 35.5. The predicted molar refractivity (Wildman–Crippen MR) is 85.2 cm³/mol. The van der Waals surface area contributed by atoms with Gasteiger partial charge in [-0.25, -0.2) is 0 Å². The van der Waals surface area contributed by atoms with Crippen LogP contribution in [0.2, 0.25) is 5.02 Å². The van der Waals surface area contributed by atoms with Gasteiger partial charge in [-0.2, -0.15) is 0 Å². The molecular formula is C15H19ClN2S. The molecule has 2 rings (SSSR count). The van der Waals surface area contributed by atoms with E-state index in [1.807, 2.05) is 25.1 Å². The highest BCUT2D eigenvalue weighted by molar-refractivity contribution is 7.10. The van der Waals surface area contributed by atoms with Crippen LogP contribution >= 0.6 is 22.9 Å². The Balaban J connectivity index is 2.26. The van der Waals surface area contributed by atoms with E-state index in [0.717, 1.165) is 16.3 Å². The van der Waals surface area contributed by atoms with Crippen molar-refractivity contribution in [2.45, 2.75) is 25.9 Å². The Labute approximate surface area is 123 Å². The topological polar surface area (TPSA) is 29.3 Å². The van der Waals surface area contributed by atoms with Gasteiger partial charge in [-0.05, 0) is 43.0 Å². The van der Waals surface area contributed by atoms with Crippen LogP contribution < -0.4 is 10.6 Å². The van der Waals surface area contributed by atoms with Crippen molar-refractivity contribution in [3.63, 3.8) is 0 Å². The standard InChI is InChI=1S/C15H19ClN2S/c1-10(17)12-6-7-14(13(16)9-12)18(3)11(2)15-5-4-8-19-15/h4-11H,17H2,1-3H3/t10-,11?/m1/s1. The maximum absolute atomic E-state index is 6.38. The summed E-state index contributed by atoms with van der Waals surface area (Å²) in [6.45, 7) is 4.14. The fourth-order valence-electron chi connectivity index (χ4n) is 2.02. The van der Waals surface area contributed by atoms with Gasteiger partial charge in [-0.1, -0.05) is 23.7 Å². The molecule has 2 atom stereocenters. The smallest absolute Gasteiger partial charge is 0.0642 e. The minimum Gasteiger partial charge on any atom is -0.366 e. The van der Waals surface area contributed by atoms with E-state index in [9.17, 15) is 0 Å². The molecule has 0 radical (unpaired) electrons. The number of nitrogens with two attached hydrogens (primary N) is 1. The monoisotopic (exact) mass is 294 g/mol. The molecule has 19 heavy (non-hydrogen) atoms. The quantitative estimate of drug-likeness (QED) is 0.891. The molecule has 1 aromatic carbocycles. The normalized spacial score (nSPS) is 14.2. The van der Waals surface area contributed by atoms with Crippen LogP contribution in [0.3, 0.4) is 0 Å². The van der Waals surface area contributed by atoms with Crippen LogP contribution in [0.4, 0.5) is 5.69 Å². The SMILES string of the molecule is CC(c1cccs1)N(C)c1ccc([C@@H](C)N)cc1Cl. The van der Waals surface area contributed by atoms with Crippen LogP contribution in [0, 0.1) is 0 Å². The van der Waals surface area contributed by atoms with E-state index >= 15 is 0 Å². The zero-order chi connectivity index (χ0) is 14.0. The first-order valence-corrected chi connectivity index (χ1v) is 7.57. The van der Waals surface area contributed by atoms with Crippen LogP contribution in [0.5, 0.6) is 0 Å². The maximum Gasteiger partial charge on any atom is 0.0642 e. The summed E-state index contributed by atoms with van der Waals surface area (Å²) in [5.74, 6) is 0. The number of hydrogen-bond acceptors (Lipinski definition) is 3. The maximum atomic E-state index is 6.38. The number of halogens is 1. The molecule has 2 aromatic rings. The molecule has 1 aromatic heterocycles. The van der Waals surface area contributed by atoms with E-state index in [2.05, 4.69) is 36.4 Å². The number of rotatable bonds is 4. The van der Waals surface area contributed by atoms with Gasteiger partial charge < -0.3 is 10.6 Å². The van der Waals surface area contributed by atoms with Crippen molar-refractivity contribution in [3.05, 3.63) is 51.2 Å². The van der Waals surface area contributed by atoms with Crippen molar-refractivity contribution in [3.8, 4) is 0 Å². The van der Waals surface area contributed by atoms with Gasteiger partial charge in [0.15, 0.2) is 0 Å². The third-order valence-corrected chi connectivity index (χ3v) is 4.76. The molecule has 0 aliphatic carbocycles. The zero-order valence-electron chi connectivity index (χ0n) is 11.4. The van der Waals surface area contributed by atoms with Crippen molar-refractivity contribution in [1.82, 2.24) is 0 Å². The Morgan fingerprint density at radius 1 is 1.26 bits per heavy atom. The van der Waals surface area contributed by atoms with E-state index in [4.69, 9.17) is 17.3 Å². The number of anilines is 1. The van der Waals surface area contributed by atoms with E-state index < -0.39 is 0 Å². The minimum atomic E-state index is 0.00609.